The minimum Gasteiger partial charge on any atom is -0.490 e. The molecule has 0 aliphatic carbocycles. The van der Waals surface area contributed by atoms with Gasteiger partial charge in [0.1, 0.15) is 6.04 Å². The fourth-order valence-corrected chi connectivity index (χ4v) is 5.23. The summed E-state index contributed by atoms with van der Waals surface area (Å²) < 4.78 is 13.9. The van der Waals surface area contributed by atoms with Crippen LogP contribution in [0.25, 0.3) is 0 Å². The van der Waals surface area contributed by atoms with Gasteiger partial charge in [-0.05, 0) is 81.3 Å². The topological polar surface area (TPSA) is 90.3 Å². The SMILES string of the molecule is CCCSc1nc2n(n1)C(c1ccc(OCC)c(OCCC(C)C)c1)C(C(=O)Nc1cccc(C)c1C)=C(C)N2. The first-order valence-corrected chi connectivity index (χ1v) is 15.1. The van der Waals surface area contributed by atoms with Gasteiger partial charge in [-0.1, -0.05) is 50.7 Å². The minimum absolute atomic E-state index is 0.191. The molecule has 9 heteroatoms. The zero-order valence-corrected chi connectivity index (χ0v) is 25.4. The number of nitrogens with one attached hydrogen (secondary N) is 2. The zero-order valence-electron chi connectivity index (χ0n) is 24.6. The van der Waals surface area contributed by atoms with Crippen LogP contribution < -0.4 is 20.1 Å². The molecule has 1 aromatic heterocycles. The number of rotatable bonds is 12. The first-order valence-electron chi connectivity index (χ1n) is 14.1. The van der Waals surface area contributed by atoms with Crippen molar-refractivity contribution >= 4 is 29.3 Å². The third kappa shape index (κ3) is 6.63. The average molecular weight is 564 g/mol. The number of thioether (sulfide) groups is 1. The summed E-state index contributed by atoms with van der Waals surface area (Å²) in [5.74, 6) is 3.20. The van der Waals surface area contributed by atoms with Gasteiger partial charge in [0.05, 0.1) is 18.8 Å². The molecule has 1 aliphatic heterocycles. The Morgan fingerprint density at radius 1 is 1.12 bits per heavy atom. The fraction of sp³-hybridized carbons (Fsp3) is 0.452. The molecule has 8 nitrogen and oxygen atoms in total. The molecule has 214 valence electrons. The van der Waals surface area contributed by atoms with Crippen LogP contribution in [0.15, 0.2) is 52.8 Å². The van der Waals surface area contributed by atoms with Gasteiger partial charge in [0.25, 0.3) is 5.91 Å². The summed E-state index contributed by atoms with van der Waals surface area (Å²) >= 11 is 1.61. The smallest absolute Gasteiger partial charge is 0.255 e. The van der Waals surface area contributed by atoms with Crippen molar-refractivity contribution in [1.29, 1.82) is 0 Å². The van der Waals surface area contributed by atoms with Gasteiger partial charge in [-0.2, -0.15) is 4.98 Å². The number of carbonyl (C=O) groups excluding carboxylic acids is 1. The second kappa shape index (κ2) is 13.3. The predicted octanol–water partition coefficient (Wildman–Crippen LogP) is 7.15. The lowest BCUT2D eigenvalue weighted by atomic mass is 9.94. The van der Waals surface area contributed by atoms with Crippen molar-refractivity contribution in [3.05, 3.63) is 64.4 Å². The van der Waals surface area contributed by atoms with Crippen LogP contribution in [0.5, 0.6) is 11.5 Å². The number of allylic oxidation sites excluding steroid dienone is 1. The highest BCUT2D eigenvalue weighted by Gasteiger charge is 2.35. The third-order valence-corrected chi connectivity index (χ3v) is 7.95. The molecule has 1 unspecified atom stereocenters. The van der Waals surface area contributed by atoms with Crippen molar-refractivity contribution in [1.82, 2.24) is 14.8 Å². The summed E-state index contributed by atoms with van der Waals surface area (Å²) in [7, 11) is 0. The third-order valence-electron chi connectivity index (χ3n) is 6.90. The van der Waals surface area contributed by atoms with E-state index in [-0.39, 0.29) is 5.91 Å². The number of hydrogen-bond acceptors (Lipinski definition) is 7. The maximum atomic E-state index is 14.0. The van der Waals surface area contributed by atoms with Crippen LogP contribution in [-0.4, -0.2) is 39.6 Å². The second-order valence-electron chi connectivity index (χ2n) is 10.4. The van der Waals surface area contributed by atoms with Crippen LogP contribution in [0.2, 0.25) is 0 Å². The first kappa shape index (κ1) is 29.5. The number of anilines is 2. The summed E-state index contributed by atoms with van der Waals surface area (Å²) in [5, 5.41) is 12.0. The van der Waals surface area contributed by atoms with E-state index >= 15 is 0 Å². The van der Waals surface area contributed by atoms with Crippen LogP contribution in [0.3, 0.4) is 0 Å². The zero-order chi connectivity index (χ0) is 28.8. The van der Waals surface area contributed by atoms with Gasteiger partial charge < -0.3 is 20.1 Å². The van der Waals surface area contributed by atoms with Crippen molar-refractivity contribution in [3.8, 4) is 11.5 Å². The van der Waals surface area contributed by atoms with Crippen molar-refractivity contribution in [2.24, 2.45) is 5.92 Å². The molecule has 2 N–H and O–H groups in total. The largest absolute Gasteiger partial charge is 0.490 e. The predicted molar refractivity (Wildman–Crippen MR) is 163 cm³/mol. The first-order chi connectivity index (χ1) is 19.2. The van der Waals surface area contributed by atoms with E-state index < -0.39 is 6.04 Å². The maximum absolute atomic E-state index is 14.0. The van der Waals surface area contributed by atoms with E-state index in [2.05, 4.69) is 31.4 Å². The quantitative estimate of drug-likeness (QED) is 0.226. The molecule has 1 atom stereocenters. The van der Waals surface area contributed by atoms with E-state index in [1.165, 1.54) is 0 Å². The average Bonchev–Trinajstić information content (AvgIpc) is 3.32. The fourth-order valence-electron chi connectivity index (χ4n) is 4.55. The molecule has 3 aromatic rings. The Balaban J connectivity index is 1.78. The summed E-state index contributed by atoms with van der Waals surface area (Å²) in [6.07, 6.45) is 1.94. The molecule has 1 amide bonds. The Morgan fingerprint density at radius 3 is 2.65 bits per heavy atom. The number of benzene rings is 2. The lowest BCUT2D eigenvalue weighted by Crippen LogP contribution is -2.31. The highest BCUT2D eigenvalue weighted by atomic mass is 32.2. The standard InChI is InChI=1S/C31H41N5O3S/c1-8-17-40-31-34-30-32-22(7)27(29(37)33-24-12-10-11-20(5)21(24)6)28(36(30)35-31)23-13-14-25(38-9-2)26(18-23)39-16-15-19(3)4/h10-14,18-19,28H,8-9,15-17H2,1-7H3,(H,33,37)(H,32,34,35). The molecule has 0 radical (unpaired) electrons. The van der Waals surface area contributed by atoms with E-state index in [9.17, 15) is 4.79 Å². The van der Waals surface area contributed by atoms with Crippen LogP contribution in [0.1, 0.15) is 70.2 Å². The molecule has 2 heterocycles. The van der Waals surface area contributed by atoms with Crippen molar-refractivity contribution in [2.75, 3.05) is 29.6 Å². The maximum Gasteiger partial charge on any atom is 0.255 e. The lowest BCUT2D eigenvalue weighted by Gasteiger charge is -2.29. The normalized spacial score (nSPS) is 14.7. The monoisotopic (exact) mass is 563 g/mol. The molecule has 2 aromatic carbocycles. The molecule has 0 saturated carbocycles. The van der Waals surface area contributed by atoms with Gasteiger partial charge in [0.15, 0.2) is 11.5 Å². The van der Waals surface area contributed by atoms with Crippen LogP contribution in [0.4, 0.5) is 11.6 Å². The number of hydrogen-bond donors (Lipinski definition) is 2. The number of aryl methyl sites for hydroxylation is 1. The number of aromatic nitrogens is 3. The molecule has 0 fully saturated rings. The van der Waals surface area contributed by atoms with E-state index in [1.54, 1.807) is 11.8 Å². The Labute approximate surface area is 241 Å². The molecular formula is C31H41N5O3S. The summed E-state index contributed by atoms with van der Waals surface area (Å²) in [6, 6.07) is 11.3. The van der Waals surface area contributed by atoms with Crippen LogP contribution >= 0.6 is 11.8 Å². The molecule has 40 heavy (non-hydrogen) atoms. The lowest BCUT2D eigenvalue weighted by molar-refractivity contribution is -0.113. The Bertz CT molecular complexity index is 1380. The number of amides is 1. The van der Waals surface area contributed by atoms with Crippen LogP contribution in [0, 0.1) is 19.8 Å². The second-order valence-corrected chi connectivity index (χ2v) is 11.5. The van der Waals surface area contributed by atoms with Gasteiger partial charge in [0, 0.05) is 17.1 Å². The molecular weight excluding hydrogens is 522 g/mol. The van der Waals surface area contributed by atoms with Gasteiger partial charge in [-0.15, -0.1) is 5.10 Å². The van der Waals surface area contributed by atoms with Crippen molar-refractivity contribution < 1.29 is 14.3 Å². The van der Waals surface area contributed by atoms with E-state index in [0.717, 1.165) is 46.7 Å². The molecule has 0 saturated heterocycles. The number of ether oxygens (including phenoxy) is 2. The minimum atomic E-state index is -0.507. The van der Waals surface area contributed by atoms with E-state index in [1.807, 2.05) is 68.8 Å². The Kier molecular flexibility index (Phi) is 9.79. The van der Waals surface area contributed by atoms with Crippen LogP contribution in [-0.2, 0) is 4.79 Å². The molecule has 4 rings (SSSR count). The van der Waals surface area contributed by atoms with E-state index in [4.69, 9.17) is 19.6 Å². The van der Waals surface area contributed by atoms with Gasteiger partial charge in [-0.25, -0.2) is 4.68 Å². The molecule has 0 bridgehead atoms. The van der Waals surface area contributed by atoms with Gasteiger partial charge in [-0.3, -0.25) is 4.79 Å². The van der Waals surface area contributed by atoms with E-state index in [0.29, 0.717) is 47.3 Å². The van der Waals surface area contributed by atoms with Crippen molar-refractivity contribution in [2.45, 2.75) is 72.5 Å². The summed E-state index contributed by atoms with van der Waals surface area (Å²) in [5.41, 5.74) is 5.12. The molecule has 1 aliphatic rings. The van der Waals surface area contributed by atoms with Gasteiger partial charge in [0.2, 0.25) is 11.1 Å². The Hall–Kier alpha value is -3.46. The van der Waals surface area contributed by atoms with Gasteiger partial charge >= 0.3 is 0 Å². The highest BCUT2D eigenvalue weighted by Crippen LogP contribution is 2.40. The number of carbonyl (C=O) groups is 1. The Morgan fingerprint density at radius 2 is 1.93 bits per heavy atom. The van der Waals surface area contributed by atoms with Crippen molar-refractivity contribution in [3.63, 3.8) is 0 Å². The number of fused-ring (bicyclic) bond motifs is 1. The molecule has 0 spiro atoms. The summed E-state index contributed by atoms with van der Waals surface area (Å²) in [6.45, 7) is 15.5. The number of nitrogens with zero attached hydrogens (tertiary/aromatic N) is 3. The highest BCUT2D eigenvalue weighted by molar-refractivity contribution is 7.99. The summed E-state index contributed by atoms with van der Waals surface area (Å²) in [4.78, 5) is 18.7.